The van der Waals surface area contributed by atoms with Crippen LogP contribution in [0.5, 0.6) is 11.5 Å². The Hall–Kier alpha value is -1.64. The minimum Gasteiger partial charge on any atom is -0.493 e. The molecule has 0 radical (unpaired) electrons. The Kier molecular flexibility index (Phi) is 8.43. The molecule has 0 amide bonds. The molecule has 2 saturated carbocycles. The summed E-state index contributed by atoms with van der Waals surface area (Å²) < 4.78 is 11.6. The van der Waals surface area contributed by atoms with Crippen molar-refractivity contribution in [1.82, 2.24) is 0 Å². The number of ether oxygens (including phenoxy) is 2. The molecular weight excluding hydrogens is 394 g/mol. The molecule has 0 heterocycles. The van der Waals surface area contributed by atoms with Crippen LogP contribution in [0.1, 0.15) is 84.5 Å². The molecule has 0 bridgehead atoms. The molecule has 3 heteroatoms. The number of rotatable bonds is 8. The molecule has 1 aromatic carbocycles. The molecule has 32 heavy (non-hydrogen) atoms. The first-order chi connectivity index (χ1) is 15.7. The highest BCUT2D eigenvalue weighted by Crippen LogP contribution is 2.43. The van der Waals surface area contributed by atoms with Crippen LogP contribution < -0.4 is 15.2 Å². The zero-order valence-electron chi connectivity index (χ0n) is 20.4. The highest BCUT2D eigenvalue weighted by atomic mass is 16.5. The number of hydrogen-bond acceptors (Lipinski definition) is 3. The maximum absolute atomic E-state index is 6.09. The summed E-state index contributed by atoms with van der Waals surface area (Å²) in [7, 11) is 0. The molecule has 2 fully saturated rings. The van der Waals surface area contributed by atoms with Crippen molar-refractivity contribution < 1.29 is 9.47 Å². The Labute approximate surface area is 196 Å². The lowest BCUT2D eigenvalue weighted by Crippen LogP contribution is -2.27. The third-order valence-corrected chi connectivity index (χ3v) is 8.78. The Morgan fingerprint density at radius 1 is 0.750 bits per heavy atom. The van der Waals surface area contributed by atoms with Gasteiger partial charge in [0.2, 0.25) is 0 Å². The maximum atomic E-state index is 6.09. The normalized spacial score (nSPS) is 33.1. The van der Waals surface area contributed by atoms with Gasteiger partial charge in [0.25, 0.3) is 0 Å². The van der Waals surface area contributed by atoms with E-state index in [0.29, 0.717) is 18.2 Å². The van der Waals surface area contributed by atoms with E-state index in [4.69, 9.17) is 15.2 Å². The van der Waals surface area contributed by atoms with Gasteiger partial charge in [0.15, 0.2) is 0 Å². The van der Waals surface area contributed by atoms with Crippen molar-refractivity contribution in [2.24, 2.45) is 35.5 Å². The first-order valence-corrected chi connectivity index (χ1v) is 13.5. The van der Waals surface area contributed by atoms with Gasteiger partial charge in [-0.25, -0.2) is 0 Å². The summed E-state index contributed by atoms with van der Waals surface area (Å²) in [6.45, 7) is 5.78. The van der Waals surface area contributed by atoms with Gasteiger partial charge in [-0.3, -0.25) is 0 Å². The Balaban J connectivity index is 1.18. The summed E-state index contributed by atoms with van der Waals surface area (Å²) >= 11 is 0. The number of nitrogens with two attached hydrogens (primary N) is 1. The highest BCUT2D eigenvalue weighted by molar-refractivity contribution is 5.56. The predicted octanol–water partition coefficient (Wildman–Crippen LogP) is 7.65. The van der Waals surface area contributed by atoms with Gasteiger partial charge in [0.05, 0.1) is 18.9 Å². The molecule has 0 spiro atoms. The lowest BCUT2D eigenvalue weighted by atomic mass is 9.68. The van der Waals surface area contributed by atoms with Gasteiger partial charge >= 0.3 is 0 Å². The van der Waals surface area contributed by atoms with Crippen LogP contribution in [-0.2, 0) is 0 Å². The van der Waals surface area contributed by atoms with Crippen LogP contribution >= 0.6 is 0 Å². The first-order valence-electron chi connectivity index (χ1n) is 13.5. The van der Waals surface area contributed by atoms with Gasteiger partial charge in [0, 0.05) is 6.07 Å². The first kappa shape index (κ1) is 23.5. The fourth-order valence-electron chi connectivity index (χ4n) is 6.57. The quantitative estimate of drug-likeness (QED) is 0.334. The summed E-state index contributed by atoms with van der Waals surface area (Å²) in [5, 5.41) is 0. The Morgan fingerprint density at radius 2 is 1.34 bits per heavy atom. The number of anilines is 1. The van der Waals surface area contributed by atoms with E-state index in [1.165, 1.54) is 70.6 Å². The molecular formula is C29H45NO2. The molecule has 3 aliphatic rings. The highest BCUT2D eigenvalue weighted by Gasteiger charge is 2.32. The number of allylic oxidation sites excluding steroid dienone is 2. The van der Waals surface area contributed by atoms with Gasteiger partial charge in [-0.2, -0.15) is 0 Å². The molecule has 2 N–H and O–H groups in total. The second kappa shape index (κ2) is 11.5. The van der Waals surface area contributed by atoms with Crippen LogP contribution in [0.25, 0.3) is 0 Å². The minimum absolute atomic E-state index is 0.629. The van der Waals surface area contributed by atoms with Crippen LogP contribution in [0.2, 0.25) is 0 Å². The standard InChI is InChI=1S/C29H45NO2/c1-3-21-5-9-23(10-6-21)25-13-15-26(16-14-25)24-11-7-22(8-12-24)20-32-27-17-18-29(31-4-2)28(30)19-27/h13,15,17-19,21-26H,3-12,14,16,20,30H2,1-2H3. The molecule has 178 valence electrons. The van der Waals surface area contributed by atoms with Gasteiger partial charge in [0.1, 0.15) is 11.5 Å². The van der Waals surface area contributed by atoms with E-state index in [-0.39, 0.29) is 0 Å². The smallest absolute Gasteiger partial charge is 0.142 e. The summed E-state index contributed by atoms with van der Waals surface area (Å²) in [5.74, 6) is 6.85. The molecule has 0 aliphatic heterocycles. The van der Waals surface area contributed by atoms with E-state index in [2.05, 4.69) is 19.1 Å². The van der Waals surface area contributed by atoms with Crippen molar-refractivity contribution in [2.45, 2.75) is 84.5 Å². The lowest BCUT2D eigenvalue weighted by Gasteiger charge is -2.38. The van der Waals surface area contributed by atoms with Crippen LogP contribution in [0.3, 0.4) is 0 Å². The third-order valence-electron chi connectivity index (χ3n) is 8.78. The number of hydrogen-bond donors (Lipinski definition) is 1. The van der Waals surface area contributed by atoms with E-state index >= 15 is 0 Å². The Bertz CT molecular complexity index is 729. The maximum Gasteiger partial charge on any atom is 0.142 e. The zero-order chi connectivity index (χ0) is 22.3. The molecule has 2 unspecified atom stereocenters. The predicted molar refractivity (Wildman–Crippen MR) is 134 cm³/mol. The monoisotopic (exact) mass is 439 g/mol. The van der Waals surface area contributed by atoms with Gasteiger partial charge < -0.3 is 15.2 Å². The molecule has 3 nitrogen and oxygen atoms in total. The van der Waals surface area contributed by atoms with Crippen molar-refractivity contribution >= 4 is 5.69 Å². The van der Waals surface area contributed by atoms with Crippen molar-refractivity contribution in [3.8, 4) is 11.5 Å². The zero-order valence-corrected chi connectivity index (χ0v) is 20.4. The fourth-order valence-corrected chi connectivity index (χ4v) is 6.57. The van der Waals surface area contributed by atoms with Crippen LogP contribution in [-0.4, -0.2) is 13.2 Å². The summed E-state index contributed by atoms with van der Waals surface area (Å²) in [6, 6.07) is 5.79. The average Bonchev–Trinajstić information content (AvgIpc) is 2.85. The topological polar surface area (TPSA) is 44.5 Å². The molecule has 1 aromatic rings. The second-order valence-corrected chi connectivity index (χ2v) is 10.7. The van der Waals surface area contributed by atoms with Gasteiger partial charge in [-0.1, -0.05) is 38.3 Å². The molecule has 0 saturated heterocycles. The van der Waals surface area contributed by atoms with E-state index < -0.39 is 0 Å². The van der Waals surface area contributed by atoms with Crippen molar-refractivity contribution in [3.05, 3.63) is 30.4 Å². The van der Waals surface area contributed by atoms with Crippen LogP contribution in [0, 0.1) is 35.5 Å². The molecule has 3 aliphatic carbocycles. The van der Waals surface area contributed by atoms with Crippen molar-refractivity contribution in [2.75, 3.05) is 18.9 Å². The van der Waals surface area contributed by atoms with E-state index in [9.17, 15) is 0 Å². The van der Waals surface area contributed by atoms with Crippen molar-refractivity contribution in [1.29, 1.82) is 0 Å². The Morgan fingerprint density at radius 3 is 1.84 bits per heavy atom. The van der Waals surface area contributed by atoms with Gasteiger partial charge in [-0.05, 0) is 106 Å². The van der Waals surface area contributed by atoms with E-state index in [1.54, 1.807) is 0 Å². The number of benzene rings is 1. The molecule has 2 atom stereocenters. The summed E-state index contributed by atoms with van der Waals surface area (Å²) in [6.07, 6.45) is 20.7. The SMILES string of the molecule is CCOc1ccc(OCC2CCC(C3C=CC(C4CCC(CC)CC4)CC3)CC2)cc1N. The average molecular weight is 440 g/mol. The summed E-state index contributed by atoms with van der Waals surface area (Å²) in [5.41, 5.74) is 6.74. The van der Waals surface area contributed by atoms with Gasteiger partial charge in [-0.15, -0.1) is 0 Å². The largest absolute Gasteiger partial charge is 0.493 e. The van der Waals surface area contributed by atoms with E-state index in [0.717, 1.165) is 47.7 Å². The molecule has 4 rings (SSSR count). The van der Waals surface area contributed by atoms with Crippen molar-refractivity contribution in [3.63, 3.8) is 0 Å². The third kappa shape index (κ3) is 6.02. The number of nitrogen functional groups attached to an aromatic ring is 1. The van der Waals surface area contributed by atoms with Crippen LogP contribution in [0.15, 0.2) is 30.4 Å². The lowest BCUT2D eigenvalue weighted by molar-refractivity contribution is 0.151. The minimum atomic E-state index is 0.629. The summed E-state index contributed by atoms with van der Waals surface area (Å²) in [4.78, 5) is 0. The molecule has 0 aromatic heterocycles. The van der Waals surface area contributed by atoms with E-state index in [1.807, 2.05) is 25.1 Å². The fraction of sp³-hybridized carbons (Fsp3) is 0.724. The second-order valence-electron chi connectivity index (χ2n) is 10.7. The van der Waals surface area contributed by atoms with Crippen LogP contribution in [0.4, 0.5) is 5.69 Å².